The molecule has 0 saturated carbocycles. The Morgan fingerprint density at radius 2 is 2.12 bits per heavy atom. The molecule has 0 aliphatic carbocycles. The van der Waals surface area contributed by atoms with E-state index in [1.165, 1.54) is 25.8 Å². The van der Waals surface area contributed by atoms with Gasteiger partial charge in [-0.3, -0.25) is 0 Å². The summed E-state index contributed by atoms with van der Waals surface area (Å²) in [6.45, 7) is 5.99. The smallest absolute Gasteiger partial charge is 0.0593 e. The molecule has 1 aliphatic rings. The highest BCUT2D eigenvalue weighted by atomic mass is 16.5. The number of hydrogen-bond acceptors (Lipinski definition) is 4. The summed E-state index contributed by atoms with van der Waals surface area (Å²) < 4.78 is 5.55. The fourth-order valence-corrected chi connectivity index (χ4v) is 1.91. The minimum absolute atomic E-state index is 0.687. The summed E-state index contributed by atoms with van der Waals surface area (Å²) in [7, 11) is 4.14. The van der Waals surface area contributed by atoms with E-state index in [2.05, 4.69) is 29.6 Å². The number of nitrogens with zero attached hydrogens (tertiary/aromatic N) is 1. The number of likely N-dealkylation sites (N-methyl/N-ethyl adjacent to an activating group) is 1. The SMILES string of the molecule is CN(C)CCOCCNC1CCCNCC1. The maximum atomic E-state index is 5.55. The lowest BCUT2D eigenvalue weighted by Gasteiger charge is -2.16. The molecule has 0 aromatic rings. The van der Waals surface area contributed by atoms with Crippen molar-refractivity contribution in [3.8, 4) is 0 Å². The largest absolute Gasteiger partial charge is 0.379 e. The van der Waals surface area contributed by atoms with Gasteiger partial charge in [-0.25, -0.2) is 0 Å². The highest BCUT2D eigenvalue weighted by Gasteiger charge is 2.10. The second-order valence-electron chi connectivity index (χ2n) is 4.75. The summed E-state index contributed by atoms with van der Waals surface area (Å²) in [5.41, 5.74) is 0. The van der Waals surface area contributed by atoms with Gasteiger partial charge in [0, 0.05) is 19.1 Å². The van der Waals surface area contributed by atoms with Crippen LogP contribution < -0.4 is 10.6 Å². The van der Waals surface area contributed by atoms with Crippen molar-refractivity contribution < 1.29 is 4.74 Å². The van der Waals surface area contributed by atoms with Crippen LogP contribution in [0.25, 0.3) is 0 Å². The van der Waals surface area contributed by atoms with E-state index in [1.54, 1.807) is 0 Å². The van der Waals surface area contributed by atoms with E-state index in [1.807, 2.05) is 0 Å². The van der Waals surface area contributed by atoms with Gasteiger partial charge >= 0.3 is 0 Å². The quantitative estimate of drug-likeness (QED) is 0.616. The molecule has 1 atom stereocenters. The number of hydrogen-bond donors (Lipinski definition) is 2. The minimum atomic E-state index is 0.687. The minimum Gasteiger partial charge on any atom is -0.379 e. The highest BCUT2D eigenvalue weighted by molar-refractivity contribution is 4.72. The zero-order valence-corrected chi connectivity index (χ0v) is 10.8. The molecule has 0 bridgehead atoms. The molecule has 1 rings (SSSR count). The Morgan fingerprint density at radius 1 is 1.25 bits per heavy atom. The van der Waals surface area contributed by atoms with Gasteiger partial charge in [-0.2, -0.15) is 0 Å². The van der Waals surface area contributed by atoms with Crippen molar-refractivity contribution in [1.29, 1.82) is 0 Å². The standard InChI is InChI=1S/C12H27N3O/c1-15(2)9-11-16-10-8-14-12-4-3-6-13-7-5-12/h12-14H,3-11H2,1-2H3. The van der Waals surface area contributed by atoms with E-state index in [0.717, 1.165) is 32.8 Å². The van der Waals surface area contributed by atoms with Crippen molar-refractivity contribution in [3.63, 3.8) is 0 Å². The molecule has 16 heavy (non-hydrogen) atoms. The molecule has 1 fully saturated rings. The molecule has 0 radical (unpaired) electrons. The van der Waals surface area contributed by atoms with Gasteiger partial charge < -0.3 is 20.3 Å². The highest BCUT2D eigenvalue weighted by Crippen LogP contribution is 2.04. The van der Waals surface area contributed by atoms with E-state index in [-0.39, 0.29) is 0 Å². The molecule has 1 heterocycles. The second kappa shape index (κ2) is 8.93. The van der Waals surface area contributed by atoms with Crippen LogP contribution in [0.15, 0.2) is 0 Å². The van der Waals surface area contributed by atoms with Gasteiger partial charge in [-0.05, 0) is 46.4 Å². The third kappa shape index (κ3) is 7.17. The Hall–Kier alpha value is -0.160. The molecular formula is C12H27N3O. The molecule has 0 amide bonds. The zero-order valence-electron chi connectivity index (χ0n) is 10.8. The van der Waals surface area contributed by atoms with E-state index < -0.39 is 0 Å². The maximum absolute atomic E-state index is 5.55. The molecule has 0 aromatic carbocycles. The Balaban J connectivity index is 1.89. The van der Waals surface area contributed by atoms with E-state index in [9.17, 15) is 0 Å². The van der Waals surface area contributed by atoms with Crippen LogP contribution in [-0.2, 0) is 4.74 Å². The van der Waals surface area contributed by atoms with Crippen molar-refractivity contribution in [2.24, 2.45) is 0 Å². The number of nitrogens with one attached hydrogen (secondary N) is 2. The van der Waals surface area contributed by atoms with E-state index >= 15 is 0 Å². The lowest BCUT2D eigenvalue weighted by molar-refractivity contribution is 0.117. The molecule has 2 N–H and O–H groups in total. The van der Waals surface area contributed by atoms with Crippen LogP contribution in [0.5, 0.6) is 0 Å². The van der Waals surface area contributed by atoms with Crippen molar-refractivity contribution in [3.05, 3.63) is 0 Å². The van der Waals surface area contributed by atoms with Gasteiger partial charge in [0.1, 0.15) is 0 Å². The molecule has 4 nitrogen and oxygen atoms in total. The average Bonchev–Trinajstić information content (AvgIpc) is 2.51. The van der Waals surface area contributed by atoms with Crippen LogP contribution in [0.1, 0.15) is 19.3 Å². The average molecular weight is 229 g/mol. The molecule has 96 valence electrons. The summed E-state index contributed by atoms with van der Waals surface area (Å²) in [5.74, 6) is 0. The van der Waals surface area contributed by atoms with Crippen LogP contribution in [0.4, 0.5) is 0 Å². The van der Waals surface area contributed by atoms with Gasteiger partial charge in [0.2, 0.25) is 0 Å². The topological polar surface area (TPSA) is 36.5 Å². The molecule has 1 saturated heterocycles. The molecule has 1 unspecified atom stereocenters. The fraction of sp³-hybridized carbons (Fsp3) is 1.00. The third-order valence-electron chi connectivity index (χ3n) is 2.94. The number of rotatable bonds is 7. The summed E-state index contributed by atoms with van der Waals surface area (Å²) in [5, 5.41) is 6.99. The van der Waals surface area contributed by atoms with Crippen LogP contribution in [0.2, 0.25) is 0 Å². The van der Waals surface area contributed by atoms with Crippen LogP contribution in [-0.4, -0.2) is 64.4 Å². The Labute approximate surface area is 99.7 Å². The van der Waals surface area contributed by atoms with Crippen molar-refractivity contribution in [2.45, 2.75) is 25.3 Å². The fourth-order valence-electron chi connectivity index (χ4n) is 1.91. The van der Waals surface area contributed by atoms with Crippen LogP contribution in [0.3, 0.4) is 0 Å². The van der Waals surface area contributed by atoms with Crippen molar-refractivity contribution in [2.75, 3.05) is 53.5 Å². The maximum Gasteiger partial charge on any atom is 0.0593 e. The van der Waals surface area contributed by atoms with Gasteiger partial charge in [0.15, 0.2) is 0 Å². The first-order valence-electron chi connectivity index (χ1n) is 6.45. The molecule has 0 spiro atoms. The summed E-state index contributed by atoms with van der Waals surface area (Å²) in [6, 6.07) is 0.687. The first-order valence-corrected chi connectivity index (χ1v) is 6.45. The van der Waals surface area contributed by atoms with Gasteiger partial charge in [0.05, 0.1) is 13.2 Å². The summed E-state index contributed by atoms with van der Waals surface area (Å²) in [4.78, 5) is 2.14. The Morgan fingerprint density at radius 3 is 2.94 bits per heavy atom. The normalized spacial score (nSPS) is 22.3. The lowest BCUT2D eigenvalue weighted by atomic mass is 10.1. The first-order chi connectivity index (χ1) is 7.79. The predicted octanol–water partition coefficient (Wildman–Crippen LogP) is 0.296. The van der Waals surface area contributed by atoms with E-state index in [0.29, 0.717) is 6.04 Å². The van der Waals surface area contributed by atoms with Gasteiger partial charge in [-0.15, -0.1) is 0 Å². The van der Waals surface area contributed by atoms with E-state index in [4.69, 9.17) is 4.74 Å². The van der Waals surface area contributed by atoms with Gasteiger partial charge in [0.25, 0.3) is 0 Å². The first kappa shape index (κ1) is 13.9. The molecular weight excluding hydrogens is 202 g/mol. The summed E-state index contributed by atoms with van der Waals surface area (Å²) in [6.07, 6.45) is 3.83. The van der Waals surface area contributed by atoms with Gasteiger partial charge in [-0.1, -0.05) is 0 Å². The Bertz CT molecular complexity index is 156. The molecule has 4 heteroatoms. The predicted molar refractivity (Wildman–Crippen MR) is 67.9 cm³/mol. The van der Waals surface area contributed by atoms with Crippen LogP contribution in [0, 0.1) is 0 Å². The monoisotopic (exact) mass is 229 g/mol. The molecule has 1 aliphatic heterocycles. The number of ether oxygens (including phenoxy) is 1. The van der Waals surface area contributed by atoms with Crippen LogP contribution >= 0.6 is 0 Å². The second-order valence-corrected chi connectivity index (χ2v) is 4.75. The lowest BCUT2D eigenvalue weighted by Crippen LogP contribution is -2.33. The zero-order chi connectivity index (χ0) is 11.6. The van der Waals surface area contributed by atoms with Crippen molar-refractivity contribution >= 4 is 0 Å². The third-order valence-corrected chi connectivity index (χ3v) is 2.94. The Kier molecular flexibility index (Phi) is 7.76. The summed E-state index contributed by atoms with van der Waals surface area (Å²) >= 11 is 0. The van der Waals surface area contributed by atoms with Crippen molar-refractivity contribution in [1.82, 2.24) is 15.5 Å². The molecule has 0 aromatic heterocycles.